The van der Waals surface area contributed by atoms with Crippen LogP contribution in [0.25, 0.3) is 0 Å². The summed E-state index contributed by atoms with van der Waals surface area (Å²) in [5.74, 6) is 0.752. The molecule has 1 aromatic rings. The van der Waals surface area contributed by atoms with Crippen molar-refractivity contribution < 1.29 is 9.84 Å². The first-order valence-corrected chi connectivity index (χ1v) is 4.65. The quantitative estimate of drug-likeness (QED) is 0.775. The minimum atomic E-state index is 0.116. The van der Waals surface area contributed by atoms with Crippen LogP contribution in [0.15, 0.2) is 12.1 Å². The Morgan fingerprint density at radius 2 is 2.07 bits per heavy atom. The van der Waals surface area contributed by atoms with E-state index in [9.17, 15) is 5.11 Å². The lowest BCUT2D eigenvalue weighted by Gasteiger charge is -2.17. The molecule has 1 unspecified atom stereocenters. The number of phenols is 1. The molecule has 1 rings (SSSR count). The first-order chi connectivity index (χ1) is 6.61. The Labute approximate surface area is 84.7 Å². The highest BCUT2D eigenvalue weighted by molar-refractivity contribution is 5.50. The van der Waals surface area contributed by atoms with Crippen LogP contribution < -0.4 is 10.1 Å². The van der Waals surface area contributed by atoms with E-state index in [2.05, 4.69) is 5.32 Å². The number of ether oxygens (including phenoxy) is 1. The van der Waals surface area contributed by atoms with Crippen LogP contribution in [0.5, 0.6) is 11.5 Å². The summed E-state index contributed by atoms with van der Waals surface area (Å²) in [4.78, 5) is 0. The molecular formula is C11H17NO2. The van der Waals surface area contributed by atoms with Crippen molar-refractivity contribution in [3.05, 3.63) is 23.3 Å². The molecule has 0 aliphatic heterocycles. The summed E-state index contributed by atoms with van der Waals surface area (Å²) in [6.45, 7) is 3.98. The molecule has 0 heterocycles. The number of aromatic hydroxyl groups is 1. The average Bonchev–Trinajstić information content (AvgIpc) is 2.18. The molecule has 0 bridgehead atoms. The number of hydrogen-bond donors (Lipinski definition) is 2. The third-order valence-electron chi connectivity index (χ3n) is 2.48. The van der Waals surface area contributed by atoms with E-state index < -0.39 is 0 Å². The Morgan fingerprint density at radius 3 is 2.57 bits per heavy atom. The van der Waals surface area contributed by atoms with Crippen LogP contribution >= 0.6 is 0 Å². The summed E-state index contributed by atoms with van der Waals surface area (Å²) in [7, 11) is 3.42. The first-order valence-electron chi connectivity index (χ1n) is 4.65. The van der Waals surface area contributed by atoms with E-state index in [0.29, 0.717) is 5.75 Å². The topological polar surface area (TPSA) is 41.5 Å². The second-order valence-electron chi connectivity index (χ2n) is 3.36. The zero-order valence-corrected chi connectivity index (χ0v) is 9.09. The molecule has 0 aliphatic rings. The van der Waals surface area contributed by atoms with Crippen molar-refractivity contribution in [3.63, 3.8) is 0 Å². The zero-order chi connectivity index (χ0) is 10.7. The Bertz CT molecular complexity index is 323. The van der Waals surface area contributed by atoms with Gasteiger partial charge in [-0.1, -0.05) is 6.07 Å². The van der Waals surface area contributed by atoms with Gasteiger partial charge < -0.3 is 15.2 Å². The molecule has 14 heavy (non-hydrogen) atoms. The van der Waals surface area contributed by atoms with Crippen LogP contribution in [0, 0.1) is 6.92 Å². The van der Waals surface area contributed by atoms with Crippen molar-refractivity contribution in [1.29, 1.82) is 0 Å². The molecule has 0 spiro atoms. The molecule has 0 amide bonds. The van der Waals surface area contributed by atoms with Gasteiger partial charge in [-0.05, 0) is 32.5 Å². The molecular weight excluding hydrogens is 178 g/mol. The number of aryl methyl sites for hydroxylation is 1. The molecule has 2 N–H and O–H groups in total. The molecule has 0 radical (unpaired) electrons. The number of methoxy groups -OCH3 is 1. The van der Waals surface area contributed by atoms with E-state index in [1.807, 2.05) is 27.0 Å². The van der Waals surface area contributed by atoms with Crippen LogP contribution in [0.3, 0.4) is 0 Å². The predicted molar refractivity (Wildman–Crippen MR) is 56.9 cm³/mol. The fraction of sp³-hybridized carbons (Fsp3) is 0.455. The van der Waals surface area contributed by atoms with Crippen molar-refractivity contribution in [2.24, 2.45) is 0 Å². The second-order valence-corrected chi connectivity index (χ2v) is 3.36. The molecule has 3 heteroatoms. The smallest absolute Gasteiger partial charge is 0.162 e. The third kappa shape index (κ3) is 1.82. The lowest BCUT2D eigenvalue weighted by Crippen LogP contribution is -2.14. The second kappa shape index (κ2) is 4.33. The van der Waals surface area contributed by atoms with Gasteiger partial charge in [0.1, 0.15) is 0 Å². The molecule has 1 aromatic carbocycles. The maximum atomic E-state index is 9.91. The van der Waals surface area contributed by atoms with Gasteiger partial charge in [0.15, 0.2) is 11.5 Å². The van der Waals surface area contributed by atoms with Crippen LogP contribution in [0.2, 0.25) is 0 Å². The van der Waals surface area contributed by atoms with Gasteiger partial charge in [0, 0.05) is 11.6 Å². The summed E-state index contributed by atoms with van der Waals surface area (Å²) in [5, 5.41) is 13.0. The lowest BCUT2D eigenvalue weighted by molar-refractivity contribution is 0.367. The number of hydrogen-bond acceptors (Lipinski definition) is 3. The monoisotopic (exact) mass is 195 g/mol. The van der Waals surface area contributed by atoms with Crippen molar-refractivity contribution in [2.75, 3.05) is 14.2 Å². The molecule has 0 saturated carbocycles. The van der Waals surface area contributed by atoms with Crippen LogP contribution in [0.1, 0.15) is 24.1 Å². The SMILES string of the molecule is CNC(C)c1c(C)ccc(OC)c1O. The largest absolute Gasteiger partial charge is 0.504 e. The fourth-order valence-corrected chi connectivity index (χ4v) is 1.54. The van der Waals surface area contributed by atoms with Gasteiger partial charge in [0.05, 0.1) is 7.11 Å². The van der Waals surface area contributed by atoms with Gasteiger partial charge in [-0.3, -0.25) is 0 Å². The lowest BCUT2D eigenvalue weighted by atomic mass is 10.0. The highest BCUT2D eigenvalue weighted by atomic mass is 16.5. The molecule has 78 valence electrons. The van der Waals surface area contributed by atoms with E-state index in [-0.39, 0.29) is 11.8 Å². The standard InChI is InChI=1S/C11H17NO2/c1-7-5-6-9(14-4)11(13)10(7)8(2)12-3/h5-6,8,12-13H,1-4H3. The molecule has 3 nitrogen and oxygen atoms in total. The highest BCUT2D eigenvalue weighted by Gasteiger charge is 2.15. The minimum absolute atomic E-state index is 0.116. The van der Waals surface area contributed by atoms with Crippen LogP contribution in [-0.2, 0) is 0 Å². The minimum Gasteiger partial charge on any atom is -0.504 e. The Morgan fingerprint density at radius 1 is 1.43 bits per heavy atom. The maximum absolute atomic E-state index is 9.91. The molecule has 0 fully saturated rings. The van der Waals surface area contributed by atoms with Gasteiger partial charge in [0.2, 0.25) is 0 Å². The van der Waals surface area contributed by atoms with Gasteiger partial charge in [0.25, 0.3) is 0 Å². The van der Waals surface area contributed by atoms with Crippen molar-refractivity contribution in [1.82, 2.24) is 5.32 Å². The van der Waals surface area contributed by atoms with Gasteiger partial charge in [-0.2, -0.15) is 0 Å². The summed E-state index contributed by atoms with van der Waals surface area (Å²) in [6, 6.07) is 3.84. The van der Waals surface area contributed by atoms with E-state index in [4.69, 9.17) is 4.74 Å². The number of phenolic OH excluding ortho intramolecular Hbond substituents is 1. The van der Waals surface area contributed by atoms with Crippen LogP contribution in [0.4, 0.5) is 0 Å². The summed E-state index contributed by atoms with van der Waals surface area (Å²) in [6.07, 6.45) is 0. The number of rotatable bonds is 3. The van der Waals surface area contributed by atoms with Gasteiger partial charge in [-0.25, -0.2) is 0 Å². The van der Waals surface area contributed by atoms with E-state index in [1.165, 1.54) is 0 Å². The molecule has 0 aromatic heterocycles. The molecule has 0 aliphatic carbocycles. The Balaban J connectivity index is 3.25. The van der Waals surface area contributed by atoms with E-state index in [0.717, 1.165) is 11.1 Å². The number of nitrogens with one attached hydrogen (secondary N) is 1. The van der Waals surface area contributed by atoms with E-state index >= 15 is 0 Å². The van der Waals surface area contributed by atoms with Gasteiger partial charge >= 0.3 is 0 Å². The third-order valence-corrected chi connectivity index (χ3v) is 2.48. The highest BCUT2D eigenvalue weighted by Crippen LogP contribution is 2.35. The average molecular weight is 195 g/mol. The summed E-state index contributed by atoms with van der Waals surface area (Å²) >= 11 is 0. The van der Waals surface area contributed by atoms with Crippen molar-refractivity contribution in [2.45, 2.75) is 19.9 Å². The van der Waals surface area contributed by atoms with Crippen molar-refractivity contribution in [3.8, 4) is 11.5 Å². The predicted octanol–water partition coefficient (Wildman–Crippen LogP) is 1.99. The maximum Gasteiger partial charge on any atom is 0.162 e. The summed E-state index contributed by atoms with van der Waals surface area (Å²) < 4.78 is 5.06. The van der Waals surface area contributed by atoms with E-state index in [1.54, 1.807) is 13.2 Å². The number of benzene rings is 1. The molecule has 0 saturated heterocycles. The Kier molecular flexibility index (Phi) is 3.36. The zero-order valence-electron chi connectivity index (χ0n) is 9.09. The fourth-order valence-electron chi connectivity index (χ4n) is 1.54. The van der Waals surface area contributed by atoms with Crippen molar-refractivity contribution >= 4 is 0 Å². The van der Waals surface area contributed by atoms with Gasteiger partial charge in [-0.15, -0.1) is 0 Å². The summed E-state index contributed by atoms with van der Waals surface area (Å²) in [5.41, 5.74) is 1.96. The first kappa shape index (κ1) is 10.9. The Hall–Kier alpha value is -1.22. The van der Waals surface area contributed by atoms with Crippen LogP contribution in [-0.4, -0.2) is 19.3 Å². The normalized spacial score (nSPS) is 12.6. The molecule has 1 atom stereocenters.